The molecular formula is C30H26F3N5O3S. The topological polar surface area (TPSA) is 108 Å². The monoisotopic (exact) mass is 593 g/mol. The van der Waals surface area contributed by atoms with Crippen LogP contribution in [0.1, 0.15) is 51.8 Å². The Labute approximate surface area is 240 Å². The van der Waals surface area contributed by atoms with Gasteiger partial charge < -0.3 is 5.32 Å². The fourth-order valence-corrected chi connectivity index (χ4v) is 5.45. The van der Waals surface area contributed by atoms with Gasteiger partial charge in [-0.3, -0.25) is 9.69 Å². The number of aromatic nitrogens is 2. The molecule has 1 saturated carbocycles. The molecule has 0 spiro atoms. The molecule has 5 rings (SSSR count). The van der Waals surface area contributed by atoms with E-state index in [0.717, 1.165) is 34.9 Å². The number of nitrogens with one attached hydrogen (secondary N) is 1. The summed E-state index contributed by atoms with van der Waals surface area (Å²) in [5, 5.41) is 15.5. The van der Waals surface area contributed by atoms with Gasteiger partial charge in [-0.2, -0.15) is 23.5 Å². The second kappa shape index (κ2) is 11.1. The van der Waals surface area contributed by atoms with Crippen LogP contribution >= 0.6 is 0 Å². The zero-order chi connectivity index (χ0) is 30.2. The third-order valence-corrected chi connectivity index (χ3v) is 8.20. The molecule has 3 aromatic carbocycles. The zero-order valence-electron chi connectivity index (χ0n) is 22.6. The lowest BCUT2D eigenvalue weighted by Crippen LogP contribution is -2.27. The van der Waals surface area contributed by atoms with Crippen LogP contribution < -0.4 is 5.32 Å². The highest BCUT2D eigenvalue weighted by Crippen LogP contribution is 2.38. The summed E-state index contributed by atoms with van der Waals surface area (Å²) in [7, 11) is -1.39. The van der Waals surface area contributed by atoms with Gasteiger partial charge in [-0.1, -0.05) is 30.3 Å². The van der Waals surface area contributed by atoms with Crippen molar-refractivity contribution in [3.8, 4) is 11.8 Å². The summed E-state index contributed by atoms with van der Waals surface area (Å²) in [4.78, 5) is 15.8. The standard InChI is InChI=1S/C30H26F3N5O3S/c1-37(23-11-12-23)28(20-9-13-25(14-10-20)42(2,40)41)21-6-4-7-22(16-21)35-29(39)26-17-27(30(31,32)33)36-38(26)24-8-3-5-19(15-24)18-34/h3-10,13-17,23,28H,11-12H2,1-2H3,(H,35,39). The van der Waals surface area contributed by atoms with Crippen LogP contribution in [-0.2, 0) is 16.0 Å². The summed E-state index contributed by atoms with van der Waals surface area (Å²) in [6.07, 6.45) is -1.61. The number of hydrogen-bond acceptors (Lipinski definition) is 6. The van der Waals surface area contributed by atoms with E-state index in [1.54, 1.807) is 42.5 Å². The molecule has 1 unspecified atom stereocenters. The average Bonchev–Trinajstić information content (AvgIpc) is 3.69. The van der Waals surface area contributed by atoms with E-state index in [2.05, 4.69) is 15.3 Å². The Morgan fingerprint density at radius 3 is 2.36 bits per heavy atom. The molecule has 1 aromatic heterocycles. The minimum absolute atomic E-state index is 0.132. The Balaban J connectivity index is 1.49. The fraction of sp³-hybridized carbons (Fsp3) is 0.233. The lowest BCUT2D eigenvalue weighted by Gasteiger charge is -2.29. The smallest absolute Gasteiger partial charge is 0.321 e. The number of carbonyl (C=O) groups is 1. The molecule has 216 valence electrons. The molecule has 1 heterocycles. The maximum Gasteiger partial charge on any atom is 0.435 e. The number of rotatable bonds is 8. The highest BCUT2D eigenvalue weighted by Gasteiger charge is 2.36. The lowest BCUT2D eigenvalue weighted by atomic mass is 9.96. The summed E-state index contributed by atoms with van der Waals surface area (Å²) in [6, 6.07) is 22.1. The van der Waals surface area contributed by atoms with Gasteiger partial charge in [0.05, 0.1) is 28.3 Å². The van der Waals surface area contributed by atoms with Crippen molar-refractivity contribution in [2.24, 2.45) is 0 Å². The molecule has 1 aliphatic carbocycles. The molecule has 1 N–H and O–H groups in total. The van der Waals surface area contributed by atoms with Crippen LogP contribution in [0.5, 0.6) is 0 Å². The first-order valence-electron chi connectivity index (χ1n) is 13.0. The summed E-state index contributed by atoms with van der Waals surface area (Å²) < 4.78 is 65.5. The third kappa shape index (κ3) is 6.22. The summed E-state index contributed by atoms with van der Waals surface area (Å²) in [6.45, 7) is 0. The van der Waals surface area contributed by atoms with Crippen molar-refractivity contribution in [1.29, 1.82) is 5.26 Å². The van der Waals surface area contributed by atoms with Gasteiger partial charge in [0.1, 0.15) is 5.69 Å². The van der Waals surface area contributed by atoms with Gasteiger partial charge >= 0.3 is 6.18 Å². The van der Waals surface area contributed by atoms with E-state index < -0.39 is 27.6 Å². The Bertz CT molecular complexity index is 1790. The summed E-state index contributed by atoms with van der Waals surface area (Å²) in [5.41, 5.74) is 0.744. The summed E-state index contributed by atoms with van der Waals surface area (Å²) >= 11 is 0. The first kappa shape index (κ1) is 29.0. The van der Waals surface area contributed by atoms with E-state index in [9.17, 15) is 31.6 Å². The average molecular weight is 594 g/mol. The molecule has 1 amide bonds. The quantitative estimate of drug-likeness (QED) is 0.285. The molecule has 4 aromatic rings. The number of sulfone groups is 1. The Morgan fingerprint density at radius 1 is 1.05 bits per heavy atom. The molecule has 42 heavy (non-hydrogen) atoms. The normalized spacial score (nSPS) is 14.4. The number of halogens is 3. The number of benzene rings is 3. The van der Waals surface area contributed by atoms with Gasteiger partial charge in [0.15, 0.2) is 15.5 Å². The van der Waals surface area contributed by atoms with Gasteiger partial charge in [0, 0.05) is 24.1 Å². The van der Waals surface area contributed by atoms with Gasteiger partial charge in [-0.25, -0.2) is 13.1 Å². The van der Waals surface area contributed by atoms with Crippen molar-refractivity contribution in [2.45, 2.75) is 36.0 Å². The molecule has 1 atom stereocenters. The number of hydrogen-bond donors (Lipinski definition) is 1. The molecular weight excluding hydrogens is 567 g/mol. The van der Waals surface area contributed by atoms with E-state index in [1.165, 1.54) is 24.3 Å². The maximum absolute atomic E-state index is 13.6. The van der Waals surface area contributed by atoms with Crippen LogP contribution in [0.4, 0.5) is 18.9 Å². The number of alkyl halides is 3. The number of nitriles is 1. The SMILES string of the molecule is CN(C1CC1)C(c1ccc(S(C)(=O)=O)cc1)c1cccc(NC(=O)c2cc(C(F)(F)F)nn2-c2cccc(C#N)c2)c1. The molecule has 0 saturated heterocycles. The predicted octanol–water partition coefficient (Wildman–Crippen LogP) is 5.60. The van der Waals surface area contributed by atoms with E-state index in [-0.39, 0.29) is 27.9 Å². The molecule has 0 bridgehead atoms. The number of amides is 1. The third-order valence-electron chi connectivity index (χ3n) is 7.07. The van der Waals surface area contributed by atoms with Gasteiger partial charge in [0.2, 0.25) is 0 Å². The van der Waals surface area contributed by atoms with Crippen molar-refractivity contribution in [1.82, 2.24) is 14.7 Å². The Kier molecular flexibility index (Phi) is 7.66. The van der Waals surface area contributed by atoms with E-state index in [4.69, 9.17) is 0 Å². The molecule has 1 fully saturated rings. The minimum atomic E-state index is -4.79. The van der Waals surface area contributed by atoms with E-state index in [0.29, 0.717) is 17.8 Å². The van der Waals surface area contributed by atoms with Crippen LogP contribution in [0.25, 0.3) is 5.69 Å². The number of anilines is 1. The van der Waals surface area contributed by atoms with Crippen molar-refractivity contribution in [3.63, 3.8) is 0 Å². The molecule has 1 aliphatic rings. The number of carbonyl (C=O) groups excluding carboxylic acids is 1. The van der Waals surface area contributed by atoms with Crippen LogP contribution in [0.2, 0.25) is 0 Å². The van der Waals surface area contributed by atoms with Gasteiger partial charge in [-0.15, -0.1) is 0 Å². The first-order chi connectivity index (χ1) is 19.8. The molecule has 0 radical (unpaired) electrons. The lowest BCUT2D eigenvalue weighted by molar-refractivity contribution is -0.141. The van der Waals surface area contributed by atoms with Crippen molar-refractivity contribution < 1.29 is 26.4 Å². The van der Waals surface area contributed by atoms with Crippen LogP contribution in [0.15, 0.2) is 83.8 Å². The van der Waals surface area contributed by atoms with E-state index >= 15 is 0 Å². The number of nitrogens with zero attached hydrogens (tertiary/aromatic N) is 4. The van der Waals surface area contributed by atoms with Crippen LogP contribution in [0.3, 0.4) is 0 Å². The van der Waals surface area contributed by atoms with Gasteiger partial charge in [0.25, 0.3) is 5.91 Å². The van der Waals surface area contributed by atoms with Crippen LogP contribution in [0, 0.1) is 11.3 Å². The highest BCUT2D eigenvalue weighted by molar-refractivity contribution is 7.90. The summed E-state index contributed by atoms with van der Waals surface area (Å²) in [5.74, 6) is -0.817. The minimum Gasteiger partial charge on any atom is -0.321 e. The van der Waals surface area contributed by atoms with Crippen LogP contribution in [-0.4, -0.2) is 48.4 Å². The van der Waals surface area contributed by atoms with Crippen molar-refractivity contribution in [3.05, 3.63) is 107 Å². The second-order valence-corrected chi connectivity index (χ2v) is 12.2. The second-order valence-electron chi connectivity index (χ2n) is 10.2. The Morgan fingerprint density at radius 2 is 1.74 bits per heavy atom. The fourth-order valence-electron chi connectivity index (χ4n) is 4.82. The maximum atomic E-state index is 13.6. The Hall–Kier alpha value is -4.47. The molecule has 12 heteroatoms. The highest BCUT2D eigenvalue weighted by atomic mass is 32.2. The largest absolute Gasteiger partial charge is 0.435 e. The molecule has 0 aliphatic heterocycles. The van der Waals surface area contributed by atoms with Gasteiger partial charge in [-0.05, 0) is 73.5 Å². The van der Waals surface area contributed by atoms with Crippen molar-refractivity contribution >= 4 is 21.4 Å². The molecule has 8 nitrogen and oxygen atoms in total. The predicted molar refractivity (Wildman–Crippen MR) is 150 cm³/mol. The first-order valence-corrected chi connectivity index (χ1v) is 14.9. The van der Waals surface area contributed by atoms with Crippen molar-refractivity contribution in [2.75, 3.05) is 18.6 Å². The zero-order valence-corrected chi connectivity index (χ0v) is 23.4. The van der Waals surface area contributed by atoms with E-state index in [1.807, 2.05) is 19.2 Å².